The Morgan fingerprint density at radius 2 is 1.88 bits per heavy atom. The van der Waals surface area contributed by atoms with Crippen molar-refractivity contribution in [2.45, 2.75) is 0 Å². The average Bonchev–Trinajstić information content (AvgIpc) is 2.79. The maximum Gasteiger partial charge on any atom is 0.339 e. The lowest BCUT2D eigenvalue weighted by Gasteiger charge is -2.12. The second kappa shape index (κ2) is 8.52. The molecular formula is C23H16ClN3O5. The topological polar surface area (TPSA) is 114 Å². The number of nitrogens with one attached hydrogen (secondary N) is 1. The summed E-state index contributed by atoms with van der Waals surface area (Å²) in [6.07, 6.45) is 1.11. The van der Waals surface area contributed by atoms with Crippen molar-refractivity contribution in [1.82, 2.24) is 9.55 Å². The minimum atomic E-state index is -0.810. The summed E-state index contributed by atoms with van der Waals surface area (Å²) in [7, 11) is 1.22. The number of methoxy groups -OCH3 is 1. The largest absolute Gasteiger partial charge is 0.493 e. The number of aromatic amines is 1. The highest BCUT2D eigenvalue weighted by Crippen LogP contribution is 2.26. The predicted octanol–water partition coefficient (Wildman–Crippen LogP) is 3.58. The van der Waals surface area contributed by atoms with Crippen LogP contribution in [0.15, 0.2) is 75.2 Å². The Morgan fingerprint density at radius 1 is 1.12 bits per heavy atom. The van der Waals surface area contributed by atoms with Crippen LogP contribution in [0.25, 0.3) is 16.5 Å². The summed E-state index contributed by atoms with van der Waals surface area (Å²) >= 11 is 6.01. The third kappa shape index (κ3) is 3.79. The highest BCUT2D eigenvalue weighted by Gasteiger charge is 2.16. The second-order valence-corrected chi connectivity index (χ2v) is 7.15. The van der Waals surface area contributed by atoms with Crippen molar-refractivity contribution in [3.8, 4) is 11.6 Å². The molecule has 0 spiro atoms. The van der Waals surface area contributed by atoms with E-state index in [2.05, 4.69) is 14.7 Å². The van der Waals surface area contributed by atoms with Crippen molar-refractivity contribution in [1.29, 1.82) is 0 Å². The number of carbonyl (C=O) groups excluding carboxylic acids is 1. The van der Waals surface area contributed by atoms with Gasteiger partial charge in [0.2, 0.25) is 5.88 Å². The Labute approximate surface area is 186 Å². The molecule has 9 heteroatoms. The molecule has 0 atom stereocenters. The molecule has 0 saturated carbocycles. The van der Waals surface area contributed by atoms with Crippen LogP contribution in [0.2, 0.25) is 5.02 Å². The highest BCUT2D eigenvalue weighted by atomic mass is 35.5. The van der Waals surface area contributed by atoms with Gasteiger partial charge in [-0.1, -0.05) is 48.0 Å². The van der Waals surface area contributed by atoms with Crippen LogP contribution in [-0.4, -0.2) is 34.0 Å². The number of hydrogen-bond acceptors (Lipinski definition) is 6. The standard InChI is InChI=1S/C23H16ClN3O5/c1-32-22(30)16-11-14(9-10-18(16)24)25-12-17-20(28)26-23(31)27(21(17)29)19-8-4-6-13-5-2-3-7-15(13)19/h2-12,29H,1H3,(H,26,28,31). The first kappa shape index (κ1) is 21.1. The minimum absolute atomic E-state index is 0.0997. The van der Waals surface area contributed by atoms with Gasteiger partial charge in [0.15, 0.2) is 0 Å². The predicted molar refractivity (Wildman–Crippen MR) is 122 cm³/mol. The Morgan fingerprint density at radius 3 is 2.66 bits per heavy atom. The van der Waals surface area contributed by atoms with Gasteiger partial charge in [-0.05, 0) is 29.7 Å². The Hall–Kier alpha value is -4.17. The lowest BCUT2D eigenvalue weighted by Crippen LogP contribution is -2.31. The number of esters is 1. The number of rotatable bonds is 4. The van der Waals surface area contributed by atoms with Gasteiger partial charge in [-0.15, -0.1) is 0 Å². The first-order valence-corrected chi connectivity index (χ1v) is 9.77. The molecule has 4 aromatic rings. The van der Waals surface area contributed by atoms with Crippen LogP contribution < -0.4 is 11.2 Å². The van der Waals surface area contributed by atoms with E-state index in [-0.39, 0.29) is 21.8 Å². The first-order valence-electron chi connectivity index (χ1n) is 9.39. The summed E-state index contributed by atoms with van der Waals surface area (Å²) in [5.41, 5.74) is -1.04. The van der Waals surface area contributed by atoms with Gasteiger partial charge in [0, 0.05) is 11.6 Å². The number of aromatic hydroxyl groups is 1. The molecule has 32 heavy (non-hydrogen) atoms. The zero-order valence-electron chi connectivity index (χ0n) is 16.7. The third-order valence-electron chi connectivity index (χ3n) is 4.83. The number of halogens is 1. The Bertz CT molecular complexity index is 1500. The Balaban J connectivity index is 1.85. The normalized spacial score (nSPS) is 11.2. The van der Waals surface area contributed by atoms with Crippen molar-refractivity contribution < 1.29 is 14.6 Å². The molecule has 0 fully saturated rings. The van der Waals surface area contributed by atoms with Gasteiger partial charge in [-0.25, -0.2) is 14.2 Å². The van der Waals surface area contributed by atoms with Crippen molar-refractivity contribution in [2.75, 3.05) is 7.11 Å². The number of hydrogen-bond donors (Lipinski definition) is 2. The second-order valence-electron chi connectivity index (χ2n) is 6.74. The van der Waals surface area contributed by atoms with Crippen molar-refractivity contribution in [3.05, 3.63) is 97.7 Å². The van der Waals surface area contributed by atoms with E-state index in [4.69, 9.17) is 11.6 Å². The number of aliphatic imine (C=N–C) groups is 1. The van der Waals surface area contributed by atoms with Gasteiger partial charge in [-0.2, -0.15) is 0 Å². The van der Waals surface area contributed by atoms with Crippen LogP contribution in [0.5, 0.6) is 5.88 Å². The molecule has 0 amide bonds. The van der Waals surface area contributed by atoms with Crippen LogP contribution in [0, 0.1) is 0 Å². The van der Waals surface area contributed by atoms with Crippen molar-refractivity contribution >= 4 is 40.2 Å². The molecule has 8 nitrogen and oxygen atoms in total. The van der Waals surface area contributed by atoms with Gasteiger partial charge in [0.1, 0.15) is 5.56 Å². The summed E-state index contributed by atoms with van der Waals surface area (Å²) < 4.78 is 5.68. The van der Waals surface area contributed by atoms with Crippen molar-refractivity contribution in [3.63, 3.8) is 0 Å². The Kier molecular flexibility index (Phi) is 5.61. The van der Waals surface area contributed by atoms with E-state index in [0.717, 1.165) is 16.2 Å². The van der Waals surface area contributed by atoms with Crippen LogP contribution in [-0.2, 0) is 4.74 Å². The number of ether oxygens (including phenoxy) is 1. The van der Waals surface area contributed by atoms with E-state index in [1.165, 1.54) is 25.3 Å². The molecule has 0 bridgehead atoms. The zero-order valence-corrected chi connectivity index (χ0v) is 17.5. The quantitative estimate of drug-likeness (QED) is 0.365. The van der Waals surface area contributed by atoms with E-state index >= 15 is 0 Å². The molecule has 0 aliphatic carbocycles. The van der Waals surface area contributed by atoms with E-state index in [0.29, 0.717) is 11.1 Å². The van der Waals surface area contributed by atoms with Gasteiger partial charge in [0.25, 0.3) is 5.56 Å². The van der Waals surface area contributed by atoms with E-state index in [9.17, 15) is 19.5 Å². The lowest BCUT2D eigenvalue weighted by molar-refractivity contribution is 0.0601. The number of carbonyl (C=O) groups is 1. The smallest absolute Gasteiger partial charge is 0.339 e. The summed E-state index contributed by atoms with van der Waals surface area (Å²) in [4.78, 5) is 43.1. The van der Waals surface area contributed by atoms with Crippen LogP contribution >= 0.6 is 11.6 Å². The van der Waals surface area contributed by atoms with Crippen molar-refractivity contribution in [2.24, 2.45) is 4.99 Å². The van der Waals surface area contributed by atoms with E-state index < -0.39 is 23.1 Å². The van der Waals surface area contributed by atoms with Crippen LogP contribution in [0.4, 0.5) is 5.69 Å². The van der Waals surface area contributed by atoms with Crippen LogP contribution in [0.3, 0.4) is 0 Å². The molecule has 1 aromatic heterocycles. The summed E-state index contributed by atoms with van der Waals surface area (Å²) in [6.45, 7) is 0. The summed E-state index contributed by atoms with van der Waals surface area (Å²) in [5, 5.41) is 12.6. The van der Waals surface area contributed by atoms with E-state index in [1.54, 1.807) is 24.3 Å². The molecule has 160 valence electrons. The highest BCUT2D eigenvalue weighted by molar-refractivity contribution is 6.33. The fraction of sp³-hybridized carbons (Fsp3) is 0.0435. The molecule has 3 aromatic carbocycles. The SMILES string of the molecule is COC(=O)c1cc(N=Cc2c(O)n(-c3cccc4ccccc34)c(=O)[nH]c2=O)ccc1Cl. The van der Waals surface area contributed by atoms with E-state index in [1.807, 2.05) is 18.2 Å². The molecule has 0 aliphatic rings. The molecule has 0 aliphatic heterocycles. The maximum absolute atomic E-state index is 12.6. The number of fused-ring (bicyclic) bond motifs is 1. The fourth-order valence-electron chi connectivity index (χ4n) is 3.28. The van der Waals surface area contributed by atoms with Gasteiger partial charge in [-0.3, -0.25) is 14.8 Å². The molecule has 1 heterocycles. The molecule has 4 rings (SSSR count). The minimum Gasteiger partial charge on any atom is -0.493 e. The number of aromatic nitrogens is 2. The monoisotopic (exact) mass is 449 g/mol. The van der Waals surface area contributed by atoms with Gasteiger partial charge in [0.05, 0.1) is 29.1 Å². The molecule has 0 unspecified atom stereocenters. The first-order chi connectivity index (χ1) is 15.4. The summed E-state index contributed by atoms with van der Waals surface area (Å²) in [6, 6.07) is 17.0. The zero-order chi connectivity index (χ0) is 22.8. The lowest BCUT2D eigenvalue weighted by atomic mass is 10.1. The number of benzene rings is 3. The fourth-order valence-corrected chi connectivity index (χ4v) is 3.48. The maximum atomic E-state index is 12.6. The molecule has 2 N–H and O–H groups in total. The van der Waals surface area contributed by atoms with Crippen LogP contribution in [0.1, 0.15) is 15.9 Å². The third-order valence-corrected chi connectivity index (χ3v) is 5.16. The number of H-pyrrole nitrogens is 1. The number of nitrogens with zero attached hydrogens (tertiary/aromatic N) is 2. The van der Waals surface area contributed by atoms with Gasteiger partial charge < -0.3 is 9.84 Å². The molecule has 0 radical (unpaired) electrons. The molecule has 0 saturated heterocycles. The summed E-state index contributed by atoms with van der Waals surface area (Å²) in [5.74, 6) is -1.21. The average molecular weight is 450 g/mol. The molecular weight excluding hydrogens is 434 g/mol. The van der Waals surface area contributed by atoms with Gasteiger partial charge >= 0.3 is 11.7 Å².